The van der Waals surface area contributed by atoms with Crippen molar-refractivity contribution in [2.24, 2.45) is 4.99 Å². The van der Waals surface area contributed by atoms with Gasteiger partial charge in [0.05, 0.1) is 19.3 Å². The molecule has 1 aliphatic heterocycles. The van der Waals surface area contributed by atoms with Crippen LogP contribution in [0.4, 0.5) is 5.82 Å². The number of pyridine rings is 1. The van der Waals surface area contributed by atoms with Crippen molar-refractivity contribution in [1.82, 2.24) is 15.6 Å². The number of halogens is 2. The van der Waals surface area contributed by atoms with Gasteiger partial charge in [0.15, 0.2) is 5.96 Å². The van der Waals surface area contributed by atoms with Crippen molar-refractivity contribution in [3.63, 3.8) is 0 Å². The van der Waals surface area contributed by atoms with Crippen molar-refractivity contribution in [1.29, 1.82) is 0 Å². The second kappa shape index (κ2) is 13.0. The number of hydrogen-bond acceptors (Lipinski definition) is 4. The monoisotopic (exact) mass is 543 g/mol. The topological polar surface area (TPSA) is 61.8 Å². The summed E-state index contributed by atoms with van der Waals surface area (Å²) in [5.41, 5.74) is 2.27. The van der Waals surface area contributed by atoms with E-state index in [1.807, 2.05) is 30.5 Å². The number of hydrogen-bond donors (Lipinski definition) is 2. The number of ether oxygens (including phenoxy) is 1. The van der Waals surface area contributed by atoms with E-state index in [2.05, 4.69) is 46.5 Å². The zero-order valence-electron chi connectivity index (χ0n) is 17.6. The highest BCUT2D eigenvalue weighted by atomic mass is 127. The predicted molar refractivity (Wildman–Crippen MR) is 135 cm³/mol. The molecule has 0 spiro atoms. The number of morpholine rings is 1. The van der Waals surface area contributed by atoms with E-state index in [0.29, 0.717) is 6.54 Å². The third-order valence-corrected chi connectivity index (χ3v) is 5.15. The summed E-state index contributed by atoms with van der Waals surface area (Å²) in [6, 6.07) is 12.1. The highest BCUT2D eigenvalue weighted by Crippen LogP contribution is 2.17. The summed E-state index contributed by atoms with van der Waals surface area (Å²) in [6.07, 6.45) is 2.94. The van der Waals surface area contributed by atoms with Gasteiger partial charge in [0.1, 0.15) is 5.82 Å². The Labute approximate surface area is 201 Å². The van der Waals surface area contributed by atoms with Gasteiger partial charge in [-0.3, -0.25) is 0 Å². The number of benzene rings is 1. The largest absolute Gasteiger partial charge is 0.375 e. The molecular formula is C22H31ClIN5O. The molecule has 1 aromatic carbocycles. The molecule has 1 fully saturated rings. The fourth-order valence-electron chi connectivity index (χ4n) is 3.29. The van der Waals surface area contributed by atoms with E-state index < -0.39 is 0 Å². The molecule has 0 saturated carbocycles. The Morgan fingerprint density at radius 1 is 1.30 bits per heavy atom. The van der Waals surface area contributed by atoms with Gasteiger partial charge in [-0.15, -0.1) is 24.0 Å². The van der Waals surface area contributed by atoms with Crippen LogP contribution >= 0.6 is 35.6 Å². The van der Waals surface area contributed by atoms with Gasteiger partial charge in [0, 0.05) is 37.4 Å². The molecule has 1 aliphatic rings. The van der Waals surface area contributed by atoms with E-state index in [0.717, 1.165) is 67.1 Å². The van der Waals surface area contributed by atoms with Gasteiger partial charge in [0.2, 0.25) is 0 Å². The Morgan fingerprint density at radius 2 is 2.13 bits per heavy atom. The van der Waals surface area contributed by atoms with E-state index in [9.17, 15) is 0 Å². The Hall–Kier alpha value is -1.58. The highest BCUT2D eigenvalue weighted by molar-refractivity contribution is 14.0. The van der Waals surface area contributed by atoms with Gasteiger partial charge in [0.25, 0.3) is 0 Å². The fourth-order valence-corrected chi connectivity index (χ4v) is 3.52. The molecule has 0 bridgehead atoms. The SMILES string of the molecule is CCNC(=NCc1ccnc(N2CCOC(C)C2)c1)NCCc1ccccc1Cl.I. The van der Waals surface area contributed by atoms with Gasteiger partial charge in [-0.05, 0) is 49.6 Å². The lowest BCUT2D eigenvalue weighted by atomic mass is 10.1. The quantitative estimate of drug-likeness (QED) is 0.315. The lowest BCUT2D eigenvalue weighted by molar-refractivity contribution is 0.0529. The van der Waals surface area contributed by atoms with Crippen molar-refractivity contribution >= 4 is 47.4 Å². The molecule has 1 aromatic heterocycles. The molecule has 3 rings (SSSR count). The molecule has 164 valence electrons. The average Bonchev–Trinajstić information content (AvgIpc) is 2.73. The smallest absolute Gasteiger partial charge is 0.191 e. The zero-order valence-corrected chi connectivity index (χ0v) is 20.7. The molecule has 0 amide bonds. The van der Waals surface area contributed by atoms with E-state index in [1.54, 1.807) is 0 Å². The second-order valence-corrected chi connectivity index (χ2v) is 7.52. The molecule has 30 heavy (non-hydrogen) atoms. The third kappa shape index (κ3) is 7.59. The van der Waals surface area contributed by atoms with E-state index in [4.69, 9.17) is 21.3 Å². The molecular weight excluding hydrogens is 513 g/mol. The van der Waals surface area contributed by atoms with Crippen LogP contribution in [0.2, 0.25) is 5.02 Å². The number of anilines is 1. The van der Waals surface area contributed by atoms with Gasteiger partial charge >= 0.3 is 0 Å². The number of nitrogens with one attached hydrogen (secondary N) is 2. The van der Waals surface area contributed by atoms with Crippen LogP contribution in [-0.4, -0.2) is 49.8 Å². The van der Waals surface area contributed by atoms with Gasteiger partial charge in [-0.2, -0.15) is 0 Å². The number of nitrogens with zero attached hydrogens (tertiary/aromatic N) is 3. The average molecular weight is 544 g/mol. The minimum Gasteiger partial charge on any atom is -0.375 e. The summed E-state index contributed by atoms with van der Waals surface area (Å²) in [5, 5.41) is 7.49. The predicted octanol–water partition coefficient (Wildman–Crippen LogP) is 3.88. The van der Waals surface area contributed by atoms with Gasteiger partial charge in [-0.25, -0.2) is 9.98 Å². The third-order valence-electron chi connectivity index (χ3n) is 4.78. The molecule has 1 unspecified atom stereocenters. The molecule has 8 heteroatoms. The summed E-state index contributed by atoms with van der Waals surface area (Å²) in [7, 11) is 0. The number of aromatic nitrogens is 1. The Morgan fingerprint density at radius 3 is 2.90 bits per heavy atom. The zero-order chi connectivity index (χ0) is 20.5. The maximum absolute atomic E-state index is 6.24. The van der Waals surface area contributed by atoms with Crippen molar-refractivity contribution in [3.8, 4) is 0 Å². The van der Waals surface area contributed by atoms with Crippen molar-refractivity contribution in [2.45, 2.75) is 32.9 Å². The number of aliphatic imine (C=N–C) groups is 1. The molecule has 0 aliphatic carbocycles. The number of guanidine groups is 1. The second-order valence-electron chi connectivity index (χ2n) is 7.11. The first-order chi connectivity index (χ1) is 14.2. The molecule has 6 nitrogen and oxygen atoms in total. The normalized spacial score (nSPS) is 16.7. The standard InChI is InChI=1S/C22H30ClN5O.HI/c1-3-24-22(26-11-9-19-6-4-5-7-20(19)23)27-15-18-8-10-25-21(14-18)28-12-13-29-17(2)16-28;/h4-8,10,14,17H,3,9,11-13,15-16H2,1-2H3,(H2,24,26,27);1H. The Kier molecular flexibility index (Phi) is 10.7. The maximum atomic E-state index is 6.24. The van der Waals surface area contributed by atoms with Crippen molar-refractivity contribution < 1.29 is 4.74 Å². The fraction of sp³-hybridized carbons (Fsp3) is 0.455. The van der Waals surface area contributed by atoms with Crippen LogP contribution in [0.3, 0.4) is 0 Å². The Bertz CT molecular complexity index is 820. The first-order valence-electron chi connectivity index (χ1n) is 10.2. The van der Waals surface area contributed by atoms with Gasteiger partial charge < -0.3 is 20.3 Å². The Balaban J connectivity index is 0.00000320. The van der Waals surface area contributed by atoms with E-state index in [-0.39, 0.29) is 30.1 Å². The first-order valence-corrected chi connectivity index (χ1v) is 10.6. The molecule has 2 aromatic rings. The van der Waals surface area contributed by atoms with Crippen molar-refractivity contribution in [2.75, 3.05) is 37.7 Å². The minimum atomic E-state index is 0. The maximum Gasteiger partial charge on any atom is 0.191 e. The first kappa shape index (κ1) is 24.7. The molecule has 0 radical (unpaired) electrons. The number of rotatable bonds is 7. The summed E-state index contributed by atoms with van der Waals surface area (Å²) < 4.78 is 5.63. The summed E-state index contributed by atoms with van der Waals surface area (Å²) >= 11 is 6.24. The van der Waals surface area contributed by atoms with Crippen LogP contribution in [0.15, 0.2) is 47.6 Å². The molecule has 1 atom stereocenters. The lowest BCUT2D eigenvalue weighted by Crippen LogP contribution is -2.41. The van der Waals surface area contributed by atoms with Crippen LogP contribution < -0.4 is 15.5 Å². The van der Waals surface area contributed by atoms with Crippen LogP contribution in [-0.2, 0) is 17.7 Å². The lowest BCUT2D eigenvalue weighted by Gasteiger charge is -2.32. The van der Waals surface area contributed by atoms with Crippen LogP contribution in [0.5, 0.6) is 0 Å². The molecule has 2 heterocycles. The van der Waals surface area contributed by atoms with Crippen molar-refractivity contribution in [3.05, 3.63) is 58.7 Å². The van der Waals surface area contributed by atoms with Crippen LogP contribution in [0, 0.1) is 0 Å². The van der Waals surface area contributed by atoms with Crippen LogP contribution in [0.25, 0.3) is 0 Å². The van der Waals surface area contributed by atoms with Gasteiger partial charge in [-0.1, -0.05) is 29.8 Å². The summed E-state index contributed by atoms with van der Waals surface area (Å²) in [5.74, 6) is 1.79. The summed E-state index contributed by atoms with van der Waals surface area (Å²) in [4.78, 5) is 11.5. The van der Waals surface area contributed by atoms with E-state index >= 15 is 0 Å². The van der Waals surface area contributed by atoms with Crippen LogP contribution in [0.1, 0.15) is 25.0 Å². The molecule has 2 N–H and O–H groups in total. The minimum absolute atomic E-state index is 0. The highest BCUT2D eigenvalue weighted by Gasteiger charge is 2.17. The van der Waals surface area contributed by atoms with E-state index in [1.165, 1.54) is 0 Å². The summed E-state index contributed by atoms with van der Waals surface area (Å²) in [6.45, 7) is 8.81. The molecule has 1 saturated heterocycles.